The molecule has 0 unspecified atom stereocenters. The van der Waals surface area contributed by atoms with Gasteiger partial charge in [0.1, 0.15) is 0 Å². The second-order valence-electron chi connectivity index (χ2n) is 2.87. The molecule has 0 spiro atoms. The minimum Gasteiger partial charge on any atom is -0.434 e. The molecule has 2 aliphatic heterocycles. The first-order chi connectivity index (χ1) is 5.97. The van der Waals surface area contributed by atoms with E-state index in [0.29, 0.717) is 13.5 Å². The van der Waals surface area contributed by atoms with Crippen LogP contribution in [0.1, 0.15) is 0 Å². The first-order valence-corrected chi connectivity index (χ1v) is 4.15. The first kappa shape index (κ1) is 7.34. The topological polar surface area (TPSA) is 24.1 Å². The summed E-state index contributed by atoms with van der Waals surface area (Å²) in [4.78, 5) is 0. The van der Waals surface area contributed by atoms with Crippen LogP contribution < -0.4 is 10.5 Å². The van der Waals surface area contributed by atoms with Crippen LogP contribution in [0.4, 0.5) is 0 Å². The van der Waals surface area contributed by atoms with Gasteiger partial charge in [-0.25, -0.2) is 0 Å². The lowest BCUT2D eigenvalue weighted by atomic mass is 9.20. The second-order valence-corrected chi connectivity index (χ2v) is 2.87. The van der Waals surface area contributed by atoms with Crippen molar-refractivity contribution >= 4 is 13.5 Å². The molecule has 0 radical (unpaired) electrons. The van der Waals surface area contributed by atoms with Gasteiger partial charge in [-0.2, -0.15) is 0 Å². The Morgan fingerprint density at radius 1 is 0.667 bits per heavy atom. The van der Waals surface area contributed by atoms with Crippen LogP contribution >= 0.6 is 0 Å². The largest absolute Gasteiger partial charge is 0.434 e. The molecule has 4 heteroatoms. The molecule has 0 aromatic carbocycles. The van der Waals surface area contributed by atoms with Crippen LogP contribution in [0.25, 0.3) is 0 Å². The molecule has 0 aliphatic carbocycles. The van der Waals surface area contributed by atoms with Crippen molar-refractivity contribution in [2.45, 2.75) is 0 Å². The minimum absolute atomic E-state index is 0.371. The molecule has 0 atom stereocenters. The van der Waals surface area contributed by atoms with Crippen molar-refractivity contribution in [1.29, 1.82) is 0 Å². The van der Waals surface area contributed by atoms with Crippen molar-refractivity contribution in [1.82, 2.24) is 10.5 Å². The number of hydrogen-bond donors (Lipinski definition) is 2. The summed E-state index contributed by atoms with van der Waals surface area (Å²) in [5, 5.41) is 6.55. The van der Waals surface area contributed by atoms with E-state index >= 15 is 0 Å². The fourth-order valence-electron chi connectivity index (χ4n) is 1.37. The monoisotopic (exact) mass is 156 g/mol. The smallest absolute Gasteiger partial charge is 0.273 e. The van der Waals surface area contributed by atoms with Crippen molar-refractivity contribution in [3.63, 3.8) is 0 Å². The lowest BCUT2D eigenvalue weighted by molar-refractivity contribution is 1.29. The molecule has 2 heterocycles. The van der Waals surface area contributed by atoms with Crippen molar-refractivity contribution in [3.8, 4) is 0 Å². The summed E-state index contributed by atoms with van der Waals surface area (Å²) in [6.45, 7) is 0.743. The molecular formula is C8H10B2N2. The van der Waals surface area contributed by atoms with Crippen LogP contribution in [0.2, 0.25) is 0 Å². The van der Waals surface area contributed by atoms with E-state index < -0.39 is 0 Å². The molecule has 0 saturated heterocycles. The molecule has 2 N–H and O–H groups in total. The second kappa shape index (κ2) is 3.39. The van der Waals surface area contributed by atoms with Crippen LogP contribution in [0.3, 0.4) is 0 Å². The van der Waals surface area contributed by atoms with Gasteiger partial charge in [0, 0.05) is 0 Å². The van der Waals surface area contributed by atoms with Gasteiger partial charge >= 0.3 is 0 Å². The molecule has 2 rings (SSSR count). The molecule has 0 amide bonds. The Labute approximate surface area is 73.3 Å². The van der Waals surface area contributed by atoms with Gasteiger partial charge in [0.25, 0.3) is 13.5 Å². The van der Waals surface area contributed by atoms with Crippen LogP contribution in [-0.2, 0) is 0 Å². The fraction of sp³-hybridized carbons (Fsp3) is 0. The van der Waals surface area contributed by atoms with Gasteiger partial charge in [0.15, 0.2) is 0 Å². The number of allylic oxidation sites excluding steroid dienone is 4. The fourth-order valence-corrected chi connectivity index (χ4v) is 1.37. The number of rotatable bonds is 1. The van der Waals surface area contributed by atoms with Crippen molar-refractivity contribution < 1.29 is 0 Å². The molecule has 0 aromatic rings. The third-order valence-electron chi connectivity index (χ3n) is 2.02. The SMILES string of the molecule is C1=CNB(B2C=CC=CN2)C=C1. The Bertz CT molecular complexity index is 240. The molecule has 0 aromatic heterocycles. The van der Waals surface area contributed by atoms with Gasteiger partial charge in [0.2, 0.25) is 0 Å². The molecule has 2 nitrogen and oxygen atoms in total. The summed E-state index contributed by atoms with van der Waals surface area (Å²) in [6, 6.07) is 0. The zero-order valence-corrected chi connectivity index (χ0v) is 6.77. The maximum absolute atomic E-state index is 3.27. The third kappa shape index (κ3) is 1.47. The predicted molar refractivity (Wildman–Crippen MR) is 54.3 cm³/mol. The average Bonchev–Trinajstić information content (AvgIpc) is 2.21. The lowest BCUT2D eigenvalue weighted by Gasteiger charge is -2.18. The van der Waals surface area contributed by atoms with Crippen LogP contribution in [-0.4, -0.2) is 13.5 Å². The maximum atomic E-state index is 3.27. The molecule has 0 fully saturated rings. The Hall–Kier alpha value is -1.31. The summed E-state index contributed by atoms with van der Waals surface area (Å²) in [7, 11) is 0. The summed E-state index contributed by atoms with van der Waals surface area (Å²) in [5.41, 5.74) is 0. The normalized spacial score (nSPS) is 19.3. The van der Waals surface area contributed by atoms with E-state index in [9.17, 15) is 0 Å². The van der Waals surface area contributed by atoms with Gasteiger partial charge in [-0.3, -0.25) is 0 Å². The van der Waals surface area contributed by atoms with Gasteiger partial charge in [-0.15, -0.1) is 0 Å². The highest BCUT2D eigenvalue weighted by Gasteiger charge is 2.25. The Kier molecular flexibility index (Phi) is 2.08. The van der Waals surface area contributed by atoms with Crippen molar-refractivity contribution in [2.24, 2.45) is 0 Å². The molecule has 0 saturated carbocycles. The van der Waals surface area contributed by atoms with Gasteiger partial charge in [0.05, 0.1) is 0 Å². The van der Waals surface area contributed by atoms with E-state index in [1.54, 1.807) is 0 Å². The van der Waals surface area contributed by atoms with Gasteiger partial charge in [-0.1, -0.05) is 24.1 Å². The standard InChI is InChI=1S/C8H10B2N2/c1-3-7-11-9(5-1)10-6-2-4-8-12-10/h1-8,11-12H. The maximum Gasteiger partial charge on any atom is 0.273 e. The first-order valence-electron chi connectivity index (χ1n) is 4.15. The summed E-state index contributed by atoms with van der Waals surface area (Å²) >= 11 is 0. The zero-order valence-electron chi connectivity index (χ0n) is 6.77. The predicted octanol–water partition coefficient (Wildman–Crippen LogP) is 0.472. The minimum atomic E-state index is 0.371. The Morgan fingerprint density at radius 2 is 1.17 bits per heavy atom. The van der Waals surface area contributed by atoms with Gasteiger partial charge < -0.3 is 10.5 Å². The van der Waals surface area contributed by atoms with Crippen molar-refractivity contribution in [2.75, 3.05) is 0 Å². The van der Waals surface area contributed by atoms with E-state index in [1.165, 1.54) is 0 Å². The van der Waals surface area contributed by atoms with Crippen molar-refractivity contribution in [3.05, 3.63) is 48.7 Å². The van der Waals surface area contributed by atoms with E-state index in [-0.39, 0.29) is 0 Å². The van der Waals surface area contributed by atoms with Crippen LogP contribution in [0.15, 0.2) is 48.7 Å². The van der Waals surface area contributed by atoms with E-state index in [2.05, 4.69) is 34.6 Å². The van der Waals surface area contributed by atoms with Crippen LogP contribution in [0, 0.1) is 0 Å². The Balaban J connectivity index is 2.01. The quantitative estimate of drug-likeness (QED) is 0.539. The molecule has 0 bridgehead atoms. The molecular weight excluding hydrogens is 146 g/mol. The number of hydrogen-bond acceptors (Lipinski definition) is 2. The average molecular weight is 156 g/mol. The lowest BCUT2D eigenvalue weighted by Crippen LogP contribution is -2.52. The summed E-state index contributed by atoms with van der Waals surface area (Å²) in [6.07, 6.45) is 12.1. The Morgan fingerprint density at radius 3 is 1.50 bits per heavy atom. The third-order valence-corrected chi connectivity index (χ3v) is 2.02. The zero-order chi connectivity index (χ0) is 8.23. The summed E-state index contributed by atoms with van der Waals surface area (Å²) in [5.74, 6) is 4.31. The molecule has 2 aliphatic rings. The highest BCUT2D eigenvalue weighted by atomic mass is 14.8. The van der Waals surface area contributed by atoms with Gasteiger partial charge in [-0.05, 0) is 24.6 Å². The highest BCUT2D eigenvalue weighted by molar-refractivity contribution is 7.24. The highest BCUT2D eigenvalue weighted by Crippen LogP contribution is 1.98. The number of nitrogens with one attached hydrogen (secondary N) is 2. The van der Waals surface area contributed by atoms with E-state index in [1.807, 2.05) is 24.6 Å². The summed E-state index contributed by atoms with van der Waals surface area (Å²) < 4.78 is 0. The molecule has 12 heavy (non-hydrogen) atoms. The molecule has 58 valence electrons. The van der Waals surface area contributed by atoms with E-state index in [4.69, 9.17) is 0 Å². The van der Waals surface area contributed by atoms with Crippen LogP contribution in [0.5, 0.6) is 0 Å². The van der Waals surface area contributed by atoms with E-state index in [0.717, 1.165) is 0 Å².